The summed E-state index contributed by atoms with van der Waals surface area (Å²) in [6, 6.07) is 1.09. The summed E-state index contributed by atoms with van der Waals surface area (Å²) < 4.78 is 24.3. The third-order valence-corrected chi connectivity index (χ3v) is 2.06. The van der Waals surface area contributed by atoms with Crippen LogP contribution in [0.15, 0.2) is 17.1 Å². The first-order chi connectivity index (χ1) is 5.13. The molecular weight excluding hydrogens is 267 g/mol. The Labute approximate surface area is 74.8 Å². The zero-order valence-electron chi connectivity index (χ0n) is 5.27. The number of alkyl halides is 2. The number of aromatic nitrogens is 1. The lowest BCUT2D eigenvalue weighted by atomic mass is 10.3. The summed E-state index contributed by atoms with van der Waals surface area (Å²) >= 11 is 1.67. The van der Waals surface area contributed by atoms with Gasteiger partial charge in [-0.3, -0.25) is 4.79 Å². The Kier molecular flexibility index (Phi) is 2.58. The summed E-state index contributed by atoms with van der Waals surface area (Å²) in [7, 11) is 0. The van der Waals surface area contributed by atoms with E-state index < -0.39 is 17.4 Å². The van der Waals surface area contributed by atoms with Gasteiger partial charge >= 0.3 is 0 Å². The number of H-pyrrole nitrogens is 1. The average Bonchev–Trinajstić information content (AvgIpc) is 1.85. The molecule has 1 aromatic rings. The van der Waals surface area contributed by atoms with Gasteiger partial charge in [0.25, 0.3) is 6.43 Å². The minimum absolute atomic E-state index is 0.199. The Hall–Kier alpha value is -0.460. The lowest BCUT2D eigenvalue weighted by Gasteiger charge is -1.99. The van der Waals surface area contributed by atoms with Crippen molar-refractivity contribution < 1.29 is 8.78 Å². The highest BCUT2D eigenvalue weighted by Gasteiger charge is 2.14. The number of pyridine rings is 1. The average molecular weight is 271 g/mol. The van der Waals surface area contributed by atoms with Crippen molar-refractivity contribution >= 4 is 22.6 Å². The highest BCUT2D eigenvalue weighted by Crippen LogP contribution is 2.18. The Balaban J connectivity index is 3.33. The lowest BCUT2D eigenvalue weighted by molar-refractivity contribution is 0.148. The molecule has 0 unspecified atom stereocenters. The van der Waals surface area contributed by atoms with Crippen LogP contribution in [0.5, 0.6) is 0 Å². The zero-order chi connectivity index (χ0) is 8.43. The minimum Gasteiger partial charge on any atom is -0.356 e. The maximum Gasteiger partial charge on any atom is 0.270 e. The van der Waals surface area contributed by atoms with E-state index in [2.05, 4.69) is 4.98 Å². The van der Waals surface area contributed by atoms with E-state index in [1.807, 2.05) is 0 Å². The maximum absolute atomic E-state index is 12.1. The van der Waals surface area contributed by atoms with Gasteiger partial charge in [-0.1, -0.05) is 0 Å². The molecule has 0 atom stereocenters. The number of hydrogen-bond acceptors (Lipinski definition) is 1. The molecule has 0 aliphatic carbocycles. The fourth-order valence-electron chi connectivity index (χ4n) is 0.670. The Morgan fingerprint density at radius 3 is 2.55 bits per heavy atom. The maximum atomic E-state index is 12.1. The van der Waals surface area contributed by atoms with Gasteiger partial charge < -0.3 is 4.98 Å². The fraction of sp³-hybridized carbons (Fsp3) is 0.167. The largest absolute Gasteiger partial charge is 0.356 e. The highest BCUT2D eigenvalue weighted by molar-refractivity contribution is 14.1. The highest BCUT2D eigenvalue weighted by atomic mass is 127. The molecule has 0 saturated carbocycles. The summed E-state index contributed by atoms with van der Waals surface area (Å²) in [6.07, 6.45) is -1.36. The molecule has 0 spiro atoms. The van der Waals surface area contributed by atoms with Crippen LogP contribution in [0.4, 0.5) is 8.78 Å². The fourth-order valence-corrected chi connectivity index (χ4v) is 1.35. The van der Waals surface area contributed by atoms with Crippen LogP contribution in [-0.4, -0.2) is 4.98 Å². The van der Waals surface area contributed by atoms with Crippen molar-refractivity contribution in [2.24, 2.45) is 0 Å². The van der Waals surface area contributed by atoms with Gasteiger partial charge in [-0.05, 0) is 22.6 Å². The smallest absolute Gasteiger partial charge is 0.270 e. The minimum atomic E-state index is -2.70. The molecular formula is C6H4F2INO. The zero-order valence-corrected chi connectivity index (χ0v) is 7.43. The van der Waals surface area contributed by atoms with Crippen LogP contribution < -0.4 is 5.43 Å². The van der Waals surface area contributed by atoms with Gasteiger partial charge in [0.2, 0.25) is 0 Å². The van der Waals surface area contributed by atoms with Crippen LogP contribution in [0, 0.1) is 3.70 Å². The molecule has 2 nitrogen and oxygen atoms in total. The molecule has 0 amide bonds. The summed E-state index contributed by atoms with van der Waals surface area (Å²) in [6.45, 7) is 0. The molecule has 0 aromatic carbocycles. The van der Waals surface area contributed by atoms with Crippen molar-refractivity contribution in [3.63, 3.8) is 0 Å². The van der Waals surface area contributed by atoms with Crippen LogP contribution in [0.25, 0.3) is 0 Å². The second-order valence-corrected chi connectivity index (χ2v) is 2.95. The topological polar surface area (TPSA) is 32.9 Å². The molecule has 5 heteroatoms. The quantitative estimate of drug-likeness (QED) is 0.614. The number of rotatable bonds is 1. The molecule has 0 radical (unpaired) electrons. The van der Waals surface area contributed by atoms with E-state index in [1.54, 1.807) is 22.6 Å². The van der Waals surface area contributed by atoms with Crippen LogP contribution in [0.2, 0.25) is 0 Å². The van der Waals surface area contributed by atoms with Gasteiger partial charge in [-0.25, -0.2) is 8.78 Å². The first-order valence-corrected chi connectivity index (χ1v) is 3.86. The molecule has 1 N–H and O–H groups in total. The van der Waals surface area contributed by atoms with E-state index >= 15 is 0 Å². The third-order valence-electron chi connectivity index (χ3n) is 1.16. The molecule has 1 aromatic heterocycles. The van der Waals surface area contributed by atoms with Crippen molar-refractivity contribution in [1.82, 2.24) is 4.98 Å². The second-order valence-electron chi connectivity index (χ2n) is 1.87. The summed E-state index contributed by atoms with van der Waals surface area (Å²) in [5, 5.41) is 0. The predicted molar refractivity (Wildman–Crippen MR) is 44.7 cm³/mol. The van der Waals surface area contributed by atoms with E-state index in [9.17, 15) is 13.6 Å². The van der Waals surface area contributed by atoms with Gasteiger partial charge in [0.05, 0.1) is 9.26 Å². The molecule has 1 heterocycles. The molecule has 0 fully saturated rings. The monoisotopic (exact) mass is 271 g/mol. The van der Waals surface area contributed by atoms with Gasteiger partial charge in [0.15, 0.2) is 5.43 Å². The number of nitrogens with one attached hydrogen (secondary N) is 1. The lowest BCUT2D eigenvalue weighted by Crippen LogP contribution is -2.10. The van der Waals surface area contributed by atoms with Crippen molar-refractivity contribution in [2.75, 3.05) is 0 Å². The van der Waals surface area contributed by atoms with Crippen LogP contribution >= 0.6 is 22.6 Å². The number of aromatic amines is 1. The molecule has 0 bridgehead atoms. The van der Waals surface area contributed by atoms with E-state index in [4.69, 9.17) is 0 Å². The van der Waals surface area contributed by atoms with Crippen molar-refractivity contribution in [2.45, 2.75) is 6.43 Å². The van der Waals surface area contributed by atoms with Crippen molar-refractivity contribution in [1.29, 1.82) is 0 Å². The van der Waals surface area contributed by atoms with Gasteiger partial charge in [0, 0.05) is 12.3 Å². The number of hydrogen-bond donors (Lipinski definition) is 1. The van der Waals surface area contributed by atoms with E-state index in [0.717, 1.165) is 6.07 Å². The van der Waals surface area contributed by atoms with Gasteiger partial charge in [0.1, 0.15) is 0 Å². The van der Waals surface area contributed by atoms with Gasteiger partial charge in [-0.2, -0.15) is 0 Å². The van der Waals surface area contributed by atoms with Crippen LogP contribution in [0.1, 0.15) is 12.0 Å². The molecule has 1 rings (SSSR count). The first-order valence-electron chi connectivity index (χ1n) is 2.78. The van der Waals surface area contributed by atoms with Crippen LogP contribution in [-0.2, 0) is 0 Å². The molecule has 0 aliphatic heterocycles. The molecule has 0 aliphatic rings. The Bertz CT molecular complexity index is 310. The van der Waals surface area contributed by atoms with Crippen LogP contribution in [0.3, 0.4) is 0 Å². The number of halogens is 3. The normalized spacial score (nSPS) is 10.5. The van der Waals surface area contributed by atoms with Gasteiger partial charge in [-0.15, -0.1) is 0 Å². The molecule has 11 heavy (non-hydrogen) atoms. The summed E-state index contributed by atoms with van der Waals surface area (Å²) in [5.41, 5.74) is -1.07. The van der Waals surface area contributed by atoms with E-state index in [0.29, 0.717) is 0 Å². The SMILES string of the molecule is O=c1cc[nH]c(I)c1C(F)F. The summed E-state index contributed by atoms with van der Waals surface area (Å²) in [4.78, 5) is 13.3. The second kappa shape index (κ2) is 3.29. The van der Waals surface area contributed by atoms with Crippen molar-refractivity contribution in [3.05, 3.63) is 31.8 Å². The first kappa shape index (κ1) is 8.63. The Morgan fingerprint density at radius 2 is 2.18 bits per heavy atom. The Morgan fingerprint density at radius 1 is 1.55 bits per heavy atom. The standard InChI is InChI=1S/C6H4F2INO/c7-5(8)4-3(11)1-2-10-6(4)9/h1-2,5H,(H,10,11). The molecule has 60 valence electrons. The van der Waals surface area contributed by atoms with E-state index in [-0.39, 0.29) is 3.70 Å². The van der Waals surface area contributed by atoms with Crippen molar-refractivity contribution in [3.8, 4) is 0 Å². The van der Waals surface area contributed by atoms with E-state index in [1.165, 1.54) is 6.20 Å². The predicted octanol–water partition coefficient (Wildman–Crippen LogP) is 1.92. The summed E-state index contributed by atoms with van der Waals surface area (Å²) in [5.74, 6) is 0. The molecule has 0 saturated heterocycles. The third kappa shape index (κ3) is 1.76.